The van der Waals surface area contributed by atoms with Crippen molar-refractivity contribution in [2.45, 2.75) is 31.6 Å². The van der Waals surface area contributed by atoms with Crippen molar-refractivity contribution in [3.05, 3.63) is 35.4 Å². The third kappa shape index (κ3) is 5.95. The number of benzene rings is 1. The van der Waals surface area contributed by atoms with E-state index in [9.17, 15) is 32.2 Å². The van der Waals surface area contributed by atoms with Crippen LogP contribution in [0.3, 0.4) is 0 Å². The number of hydrogen-bond acceptors (Lipinski definition) is 3. The summed E-state index contributed by atoms with van der Waals surface area (Å²) in [6.45, 7) is -0.533. The number of halogens is 3. The van der Waals surface area contributed by atoms with Gasteiger partial charge in [0.1, 0.15) is 6.04 Å². The lowest BCUT2D eigenvalue weighted by Crippen LogP contribution is -2.36. The summed E-state index contributed by atoms with van der Waals surface area (Å²) in [5.74, 6) is -2.83. The molecule has 3 N–H and O–H groups in total. The highest BCUT2D eigenvalue weighted by Gasteiger charge is 2.32. The molecular formula is C13H15F3NO6P. The maximum Gasteiger partial charge on any atom is 0.416 e. The van der Waals surface area contributed by atoms with Crippen LogP contribution in [0.1, 0.15) is 24.0 Å². The number of hydrogen-bond donors (Lipinski definition) is 3. The Morgan fingerprint density at radius 1 is 1.25 bits per heavy atom. The van der Waals surface area contributed by atoms with Crippen LogP contribution in [0.15, 0.2) is 24.3 Å². The van der Waals surface area contributed by atoms with Gasteiger partial charge in [0.2, 0.25) is 0 Å². The first-order chi connectivity index (χ1) is 11.0. The standard InChI is InChI=1S/C13H15F3NO6P/c14-13(15,16)9-3-1-2-8(6-9)7-17(24(22)23)10(12(20)21)4-5-11(18)19/h1-3,6,10,24H,4-5,7H2,(H,18,19)(H,20,21)(H,22,23). The van der Waals surface area contributed by atoms with E-state index in [1.165, 1.54) is 6.07 Å². The fraction of sp³-hybridized carbons (Fsp3) is 0.385. The van der Waals surface area contributed by atoms with Gasteiger partial charge < -0.3 is 15.1 Å². The highest BCUT2D eigenvalue weighted by molar-refractivity contribution is 7.35. The van der Waals surface area contributed by atoms with E-state index in [2.05, 4.69) is 0 Å². The van der Waals surface area contributed by atoms with Gasteiger partial charge in [-0.25, -0.2) is 4.67 Å². The molecule has 0 aliphatic carbocycles. The molecule has 0 saturated heterocycles. The van der Waals surface area contributed by atoms with E-state index >= 15 is 0 Å². The number of rotatable bonds is 8. The molecule has 0 aliphatic rings. The Hall–Kier alpha value is -1.90. The van der Waals surface area contributed by atoms with Crippen LogP contribution in [0.5, 0.6) is 0 Å². The number of carbonyl (C=O) groups is 2. The molecule has 1 rings (SSSR count). The molecule has 0 fully saturated rings. The Bertz CT molecular complexity index is 636. The second-order valence-electron chi connectivity index (χ2n) is 4.90. The van der Waals surface area contributed by atoms with Gasteiger partial charge in [-0.15, -0.1) is 0 Å². The summed E-state index contributed by atoms with van der Waals surface area (Å²) < 4.78 is 50.1. The molecule has 134 valence electrons. The van der Waals surface area contributed by atoms with Gasteiger partial charge in [-0.3, -0.25) is 14.2 Å². The summed E-state index contributed by atoms with van der Waals surface area (Å²) >= 11 is 0. The second kappa shape index (κ2) is 8.27. The lowest BCUT2D eigenvalue weighted by atomic mass is 10.1. The molecule has 0 aliphatic heterocycles. The molecule has 7 nitrogen and oxygen atoms in total. The Balaban J connectivity index is 3.06. The lowest BCUT2D eigenvalue weighted by Gasteiger charge is -2.25. The average Bonchev–Trinajstić information content (AvgIpc) is 2.44. The van der Waals surface area contributed by atoms with Gasteiger partial charge in [-0.1, -0.05) is 18.2 Å². The van der Waals surface area contributed by atoms with E-state index in [1.54, 1.807) is 0 Å². The van der Waals surface area contributed by atoms with Gasteiger partial charge in [0.05, 0.1) is 5.56 Å². The zero-order valence-corrected chi connectivity index (χ0v) is 13.2. The molecule has 0 heterocycles. The van der Waals surface area contributed by atoms with E-state index in [1.807, 2.05) is 0 Å². The van der Waals surface area contributed by atoms with Gasteiger partial charge in [-0.05, 0) is 18.1 Å². The predicted molar refractivity (Wildman–Crippen MR) is 76.5 cm³/mol. The summed E-state index contributed by atoms with van der Waals surface area (Å²) in [5, 5.41) is 17.7. The van der Waals surface area contributed by atoms with E-state index in [0.29, 0.717) is 4.67 Å². The van der Waals surface area contributed by atoms with E-state index in [0.717, 1.165) is 18.2 Å². The SMILES string of the molecule is O=C(O)CCC(C(=O)O)N(Cc1cccc(C(F)(F)F)c1)[PH](=O)O. The van der Waals surface area contributed by atoms with Gasteiger partial charge in [0.15, 0.2) is 0 Å². The molecule has 0 saturated carbocycles. The van der Waals surface area contributed by atoms with E-state index < -0.39 is 57.3 Å². The van der Waals surface area contributed by atoms with Crippen molar-refractivity contribution in [3.63, 3.8) is 0 Å². The minimum Gasteiger partial charge on any atom is -0.481 e. The van der Waals surface area contributed by atoms with Crippen molar-refractivity contribution >= 4 is 20.1 Å². The molecule has 0 spiro atoms. The van der Waals surface area contributed by atoms with Crippen LogP contribution in [0.25, 0.3) is 0 Å². The van der Waals surface area contributed by atoms with Crippen LogP contribution in [-0.2, 0) is 26.9 Å². The minimum absolute atomic E-state index is 0.0150. The summed E-state index contributed by atoms with van der Waals surface area (Å²) in [6.07, 6.45) is -5.63. The largest absolute Gasteiger partial charge is 0.481 e. The fourth-order valence-corrected chi connectivity index (χ4v) is 2.85. The lowest BCUT2D eigenvalue weighted by molar-refractivity contribution is -0.143. The Morgan fingerprint density at radius 3 is 2.33 bits per heavy atom. The summed E-state index contributed by atoms with van der Waals surface area (Å²) in [4.78, 5) is 31.1. The Morgan fingerprint density at radius 2 is 1.88 bits per heavy atom. The molecule has 24 heavy (non-hydrogen) atoms. The molecule has 11 heteroatoms. The Kier molecular flexibility index (Phi) is 6.94. The highest BCUT2D eigenvalue weighted by Crippen LogP contribution is 2.33. The smallest absolute Gasteiger partial charge is 0.416 e. The number of carboxylic acids is 2. The molecule has 2 unspecified atom stereocenters. The van der Waals surface area contributed by atoms with E-state index in [-0.39, 0.29) is 5.56 Å². The monoisotopic (exact) mass is 369 g/mol. The van der Waals surface area contributed by atoms with Gasteiger partial charge in [-0.2, -0.15) is 13.2 Å². The van der Waals surface area contributed by atoms with Crippen LogP contribution in [0.4, 0.5) is 13.2 Å². The van der Waals surface area contributed by atoms with Crippen molar-refractivity contribution in [3.8, 4) is 0 Å². The molecule has 0 aromatic heterocycles. The van der Waals surface area contributed by atoms with Crippen LogP contribution < -0.4 is 0 Å². The number of carboxylic acid groups (broad SMARTS) is 2. The highest BCUT2D eigenvalue weighted by atomic mass is 31.1. The van der Waals surface area contributed by atoms with Crippen molar-refractivity contribution in [1.82, 2.24) is 4.67 Å². The average molecular weight is 369 g/mol. The molecule has 0 radical (unpaired) electrons. The zero-order chi connectivity index (χ0) is 18.5. The number of alkyl halides is 3. The first kappa shape index (κ1) is 20.1. The quantitative estimate of drug-likeness (QED) is 0.602. The number of nitrogens with zero attached hydrogens (tertiary/aromatic N) is 1. The molecule has 0 bridgehead atoms. The summed E-state index contributed by atoms with van der Waals surface area (Å²) in [7, 11) is -3.58. The first-order valence-corrected chi connectivity index (χ1v) is 7.93. The summed E-state index contributed by atoms with van der Waals surface area (Å²) in [5.41, 5.74) is -0.992. The van der Waals surface area contributed by atoms with Crippen LogP contribution in [0.2, 0.25) is 0 Å². The predicted octanol–water partition coefficient (Wildman–Crippen LogP) is 2.21. The summed E-state index contributed by atoms with van der Waals surface area (Å²) in [6, 6.07) is 2.30. The van der Waals surface area contributed by atoms with Crippen molar-refractivity contribution < 1.29 is 42.4 Å². The minimum atomic E-state index is -4.61. The molecular weight excluding hydrogens is 354 g/mol. The zero-order valence-electron chi connectivity index (χ0n) is 12.2. The van der Waals surface area contributed by atoms with E-state index in [4.69, 9.17) is 10.2 Å². The normalized spacial score (nSPS) is 14.4. The third-order valence-electron chi connectivity index (χ3n) is 3.15. The molecule has 0 amide bonds. The van der Waals surface area contributed by atoms with Crippen molar-refractivity contribution in [1.29, 1.82) is 0 Å². The third-order valence-corrected chi connectivity index (χ3v) is 4.11. The van der Waals surface area contributed by atoms with Crippen LogP contribution in [0, 0.1) is 0 Å². The molecule has 2 atom stereocenters. The van der Waals surface area contributed by atoms with Gasteiger partial charge >= 0.3 is 18.1 Å². The van der Waals surface area contributed by atoms with Gasteiger partial charge in [0.25, 0.3) is 8.18 Å². The molecule has 1 aromatic rings. The number of aliphatic carboxylic acids is 2. The van der Waals surface area contributed by atoms with Crippen molar-refractivity contribution in [2.75, 3.05) is 0 Å². The fourth-order valence-electron chi connectivity index (χ4n) is 2.03. The maximum absolute atomic E-state index is 12.7. The Labute approximate surface area is 135 Å². The molecule has 1 aromatic carbocycles. The van der Waals surface area contributed by atoms with Crippen molar-refractivity contribution in [2.24, 2.45) is 0 Å². The maximum atomic E-state index is 12.7. The van der Waals surface area contributed by atoms with Crippen LogP contribution >= 0.6 is 8.18 Å². The second-order valence-corrected chi connectivity index (χ2v) is 6.03. The topological polar surface area (TPSA) is 115 Å². The van der Waals surface area contributed by atoms with Crippen LogP contribution in [-0.4, -0.2) is 37.8 Å². The van der Waals surface area contributed by atoms with Gasteiger partial charge in [0, 0.05) is 13.0 Å². The first-order valence-electron chi connectivity index (χ1n) is 6.62.